The summed E-state index contributed by atoms with van der Waals surface area (Å²) >= 11 is 1.59. The van der Waals surface area contributed by atoms with Gasteiger partial charge in [-0.05, 0) is 40.6 Å². The van der Waals surface area contributed by atoms with Crippen molar-refractivity contribution in [1.29, 1.82) is 0 Å². The average molecular weight is 301 g/mol. The maximum atomic E-state index is 12.1. The Morgan fingerprint density at radius 1 is 1.43 bits per heavy atom. The maximum absolute atomic E-state index is 12.1. The molecule has 2 rings (SSSR count). The van der Waals surface area contributed by atoms with Crippen LogP contribution in [0.1, 0.15) is 21.5 Å². The van der Waals surface area contributed by atoms with E-state index in [4.69, 9.17) is 9.84 Å². The van der Waals surface area contributed by atoms with E-state index in [1.54, 1.807) is 29.5 Å². The fraction of sp³-hybridized carbons (Fsp3) is 0.188. The van der Waals surface area contributed by atoms with Gasteiger partial charge in [0.15, 0.2) is 0 Å². The number of hydrogen-bond acceptors (Lipinski definition) is 4. The van der Waals surface area contributed by atoms with Crippen molar-refractivity contribution in [2.45, 2.75) is 6.54 Å². The Morgan fingerprint density at radius 2 is 2.29 bits per heavy atom. The topological polar surface area (TPSA) is 58.6 Å². The summed E-state index contributed by atoms with van der Waals surface area (Å²) in [6.07, 6.45) is 0. The summed E-state index contributed by atoms with van der Waals surface area (Å²) in [4.78, 5) is 12.1. The number of aliphatic hydroxyl groups excluding tert-OH is 1. The second kappa shape index (κ2) is 7.48. The molecular formula is C16H15NO3S. The van der Waals surface area contributed by atoms with Gasteiger partial charge in [0.1, 0.15) is 12.4 Å². The molecule has 0 saturated heterocycles. The van der Waals surface area contributed by atoms with Crippen LogP contribution in [0.4, 0.5) is 0 Å². The van der Waals surface area contributed by atoms with E-state index in [1.807, 2.05) is 16.8 Å². The summed E-state index contributed by atoms with van der Waals surface area (Å²) in [5.74, 6) is 5.73. The van der Waals surface area contributed by atoms with Gasteiger partial charge >= 0.3 is 0 Å². The smallest absolute Gasteiger partial charge is 0.251 e. The molecule has 0 radical (unpaired) electrons. The van der Waals surface area contributed by atoms with Crippen LogP contribution in [-0.2, 0) is 6.54 Å². The Hall–Kier alpha value is -2.29. The predicted molar refractivity (Wildman–Crippen MR) is 82.4 cm³/mol. The molecule has 0 unspecified atom stereocenters. The molecule has 108 valence electrons. The van der Waals surface area contributed by atoms with Crippen molar-refractivity contribution in [3.8, 4) is 17.6 Å². The number of ether oxygens (including phenoxy) is 1. The number of nitrogens with one attached hydrogen (secondary N) is 1. The minimum absolute atomic E-state index is 0.170. The summed E-state index contributed by atoms with van der Waals surface area (Å²) in [6.45, 7) is 0.254. The van der Waals surface area contributed by atoms with Crippen LogP contribution in [0, 0.1) is 11.8 Å². The fourth-order valence-corrected chi connectivity index (χ4v) is 2.43. The Labute approximate surface area is 127 Å². The van der Waals surface area contributed by atoms with Crippen molar-refractivity contribution in [3.05, 3.63) is 51.7 Å². The molecule has 1 aromatic carbocycles. The van der Waals surface area contributed by atoms with E-state index < -0.39 is 0 Å². The zero-order chi connectivity index (χ0) is 15.1. The third kappa shape index (κ3) is 4.09. The normalized spacial score (nSPS) is 9.62. The first kappa shape index (κ1) is 15.1. The van der Waals surface area contributed by atoms with Crippen LogP contribution in [0.15, 0.2) is 35.0 Å². The first-order valence-electron chi connectivity index (χ1n) is 6.31. The van der Waals surface area contributed by atoms with Crippen LogP contribution in [0.3, 0.4) is 0 Å². The number of methoxy groups -OCH3 is 1. The molecule has 1 heterocycles. The lowest BCUT2D eigenvalue weighted by Gasteiger charge is -2.07. The highest BCUT2D eigenvalue weighted by Gasteiger charge is 2.09. The van der Waals surface area contributed by atoms with Crippen molar-refractivity contribution in [3.63, 3.8) is 0 Å². The molecule has 2 aromatic rings. The van der Waals surface area contributed by atoms with Crippen molar-refractivity contribution >= 4 is 17.2 Å². The van der Waals surface area contributed by atoms with Crippen molar-refractivity contribution in [2.24, 2.45) is 0 Å². The van der Waals surface area contributed by atoms with Crippen LogP contribution < -0.4 is 10.1 Å². The zero-order valence-corrected chi connectivity index (χ0v) is 12.4. The van der Waals surface area contributed by atoms with E-state index in [-0.39, 0.29) is 12.5 Å². The Bertz CT molecular complexity index is 669. The van der Waals surface area contributed by atoms with Gasteiger partial charge in [-0.15, -0.1) is 0 Å². The predicted octanol–water partition coefficient (Wildman–Crippen LogP) is 2.03. The monoisotopic (exact) mass is 301 g/mol. The molecule has 5 heteroatoms. The number of benzene rings is 1. The fourth-order valence-electron chi connectivity index (χ4n) is 1.76. The number of carbonyl (C=O) groups is 1. The molecule has 4 nitrogen and oxygen atoms in total. The van der Waals surface area contributed by atoms with E-state index >= 15 is 0 Å². The molecule has 1 aromatic heterocycles. The van der Waals surface area contributed by atoms with E-state index in [0.717, 1.165) is 5.56 Å². The zero-order valence-electron chi connectivity index (χ0n) is 11.6. The lowest BCUT2D eigenvalue weighted by molar-refractivity contribution is 0.0951. The summed E-state index contributed by atoms with van der Waals surface area (Å²) < 4.78 is 5.18. The van der Waals surface area contributed by atoms with Crippen LogP contribution in [-0.4, -0.2) is 24.7 Å². The highest BCUT2D eigenvalue weighted by Crippen LogP contribution is 2.19. The highest BCUT2D eigenvalue weighted by molar-refractivity contribution is 7.07. The second-order valence-corrected chi connectivity index (χ2v) is 4.97. The molecule has 2 N–H and O–H groups in total. The molecule has 21 heavy (non-hydrogen) atoms. The number of carbonyl (C=O) groups excluding carboxylic acids is 1. The van der Waals surface area contributed by atoms with Crippen molar-refractivity contribution in [1.82, 2.24) is 5.32 Å². The number of thiophene rings is 1. The van der Waals surface area contributed by atoms with Gasteiger partial charge in [0, 0.05) is 12.1 Å². The van der Waals surface area contributed by atoms with E-state index in [0.29, 0.717) is 23.4 Å². The molecule has 0 aliphatic carbocycles. The number of rotatable bonds is 4. The minimum atomic E-state index is -0.238. The molecule has 0 atom stereocenters. The summed E-state index contributed by atoms with van der Waals surface area (Å²) in [5, 5.41) is 15.6. The Balaban J connectivity index is 2.13. The summed E-state index contributed by atoms with van der Waals surface area (Å²) in [6, 6.07) is 7.01. The number of aliphatic hydroxyl groups is 1. The summed E-state index contributed by atoms with van der Waals surface area (Å²) in [5.41, 5.74) is 2.16. The Kier molecular flexibility index (Phi) is 5.38. The average Bonchev–Trinajstić information content (AvgIpc) is 3.03. The second-order valence-electron chi connectivity index (χ2n) is 4.19. The van der Waals surface area contributed by atoms with Gasteiger partial charge in [-0.3, -0.25) is 4.79 Å². The first-order chi connectivity index (χ1) is 10.2. The molecular weight excluding hydrogens is 286 g/mol. The van der Waals surface area contributed by atoms with Crippen LogP contribution >= 0.6 is 11.3 Å². The lowest BCUT2D eigenvalue weighted by Crippen LogP contribution is -2.22. The third-order valence-electron chi connectivity index (χ3n) is 2.80. The molecule has 0 aliphatic rings. The van der Waals surface area contributed by atoms with Gasteiger partial charge in [0.05, 0.1) is 12.7 Å². The van der Waals surface area contributed by atoms with Crippen LogP contribution in [0.2, 0.25) is 0 Å². The largest absolute Gasteiger partial charge is 0.495 e. The molecule has 0 spiro atoms. The molecule has 0 fully saturated rings. The van der Waals surface area contributed by atoms with E-state index in [1.165, 1.54) is 7.11 Å². The SMILES string of the molecule is COc1ccc(C(=O)NCc2ccsc2)cc1C#CCO. The molecule has 1 amide bonds. The van der Waals surface area contributed by atoms with E-state index in [9.17, 15) is 4.79 Å². The summed E-state index contributed by atoms with van der Waals surface area (Å²) in [7, 11) is 1.54. The third-order valence-corrected chi connectivity index (χ3v) is 3.53. The van der Waals surface area contributed by atoms with Gasteiger partial charge < -0.3 is 15.2 Å². The van der Waals surface area contributed by atoms with Gasteiger partial charge in [0.25, 0.3) is 5.91 Å². The quantitative estimate of drug-likeness (QED) is 0.850. The van der Waals surface area contributed by atoms with Gasteiger partial charge in [-0.2, -0.15) is 11.3 Å². The lowest BCUT2D eigenvalue weighted by atomic mass is 10.1. The molecule has 0 bridgehead atoms. The van der Waals surface area contributed by atoms with Crippen LogP contribution in [0.5, 0.6) is 5.75 Å². The van der Waals surface area contributed by atoms with Crippen molar-refractivity contribution in [2.75, 3.05) is 13.7 Å². The highest BCUT2D eigenvalue weighted by atomic mass is 32.1. The van der Waals surface area contributed by atoms with Crippen molar-refractivity contribution < 1.29 is 14.6 Å². The van der Waals surface area contributed by atoms with Crippen LogP contribution in [0.25, 0.3) is 0 Å². The minimum Gasteiger partial charge on any atom is -0.495 e. The first-order valence-corrected chi connectivity index (χ1v) is 7.26. The number of amides is 1. The van der Waals surface area contributed by atoms with E-state index in [2.05, 4.69) is 17.2 Å². The Morgan fingerprint density at radius 3 is 2.95 bits per heavy atom. The maximum Gasteiger partial charge on any atom is 0.251 e. The van der Waals surface area contributed by atoms with Gasteiger partial charge in [-0.25, -0.2) is 0 Å². The molecule has 0 saturated carbocycles. The standard InChI is InChI=1S/C16H15NO3S/c1-20-15-5-4-14(9-13(15)3-2-7-18)16(19)17-10-12-6-8-21-11-12/h4-6,8-9,11,18H,7,10H2,1H3,(H,17,19). The molecule has 0 aliphatic heterocycles. The van der Waals surface area contributed by atoms with Gasteiger partial charge in [-0.1, -0.05) is 11.8 Å². The number of hydrogen-bond donors (Lipinski definition) is 2. The van der Waals surface area contributed by atoms with Gasteiger partial charge in [0.2, 0.25) is 0 Å².